The molecule has 2 N–H and O–H groups in total. The van der Waals surface area contributed by atoms with Crippen LogP contribution in [0.3, 0.4) is 0 Å². The fourth-order valence-electron chi connectivity index (χ4n) is 2.59. The lowest BCUT2D eigenvalue weighted by atomic mass is 10.1. The normalized spacial score (nSPS) is 10.7. The third-order valence-electron chi connectivity index (χ3n) is 4.11. The third kappa shape index (κ3) is 8.17. The zero-order chi connectivity index (χ0) is 21.1. The van der Waals surface area contributed by atoms with Crippen molar-refractivity contribution in [2.75, 3.05) is 27.2 Å². The molecule has 1 aromatic carbocycles. The highest BCUT2D eigenvalue weighted by molar-refractivity contribution is 14.0. The SMILES string of the molecule is CCCOc1ncccc1CNC(=NCc1ccc(C(=O)N(C)C)cc1)NCC.I. The number of rotatable bonds is 9. The lowest BCUT2D eigenvalue weighted by molar-refractivity contribution is 0.0827. The molecule has 1 amide bonds. The minimum Gasteiger partial charge on any atom is -0.477 e. The lowest BCUT2D eigenvalue weighted by Crippen LogP contribution is -2.36. The minimum absolute atomic E-state index is 0. The van der Waals surface area contributed by atoms with Crippen molar-refractivity contribution < 1.29 is 9.53 Å². The average molecular weight is 525 g/mol. The molecule has 30 heavy (non-hydrogen) atoms. The lowest BCUT2D eigenvalue weighted by Gasteiger charge is -2.14. The van der Waals surface area contributed by atoms with Gasteiger partial charge in [0.05, 0.1) is 13.2 Å². The number of carbonyl (C=O) groups excluding carboxylic acids is 1. The molecule has 0 saturated heterocycles. The first-order valence-corrected chi connectivity index (χ1v) is 9.94. The predicted octanol–water partition coefficient (Wildman–Crippen LogP) is 3.45. The van der Waals surface area contributed by atoms with Crippen molar-refractivity contribution in [2.45, 2.75) is 33.4 Å². The summed E-state index contributed by atoms with van der Waals surface area (Å²) in [5.74, 6) is 1.36. The van der Waals surface area contributed by atoms with Gasteiger partial charge < -0.3 is 20.3 Å². The monoisotopic (exact) mass is 525 g/mol. The summed E-state index contributed by atoms with van der Waals surface area (Å²) < 4.78 is 5.71. The van der Waals surface area contributed by atoms with Crippen LogP contribution in [0.25, 0.3) is 0 Å². The number of guanidine groups is 1. The molecule has 2 rings (SSSR count). The van der Waals surface area contributed by atoms with Crippen molar-refractivity contribution in [2.24, 2.45) is 4.99 Å². The maximum atomic E-state index is 12.0. The van der Waals surface area contributed by atoms with Crippen molar-refractivity contribution in [3.05, 3.63) is 59.3 Å². The smallest absolute Gasteiger partial charge is 0.253 e. The van der Waals surface area contributed by atoms with Gasteiger partial charge in [0.15, 0.2) is 5.96 Å². The van der Waals surface area contributed by atoms with E-state index in [0.29, 0.717) is 37.1 Å². The van der Waals surface area contributed by atoms with E-state index in [1.807, 2.05) is 43.3 Å². The van der Waals surface area contributed by atoms with Gasteiger partial charge >= 0.3 is 0 Å². The second-order valence-electron chi connectivity index (χ2n) is 6.76. The van der Waals surface area contributed by atoms with Crippen molar-refractivity contribution in [1.29, 1.82) is 0 Å². The van der Waals surface area contributed by atoms with E-state index in [1.165, 1.54) is 0 Å². The van der Waals surface area contributed by atoms with Crippen LogP contribution in [0.2, 0.25) is 0 Å². The highest BCUT2D eigenvalue weighted by Gasteiger charge is 2.08. The molecule has 7 nitrogen and oxygen atoms in total. The zero-order valence-electron chi connectivity index (χ0n) is 18.1. The number of hydrogen-bond donors (Lipinski definition) is 2. The van der Waals surface area contributed by atoms with Crippen molar-refractivity contribution in [3.8, 4) is 5.88 Å². The first-order chi connectivity index (χ1) is 14.0. The Morgan fingerprint density at radius 3 is 2.50 bits per heavy atom. The topological polar surface area (TPSA) is 78.8 Å². The van der Waals surface area contributed by atoms with Gasteiger partial charge in [0.25, 0.3) is 5.91 Å². The van der Waals surface area contributed by atoms with Gasteiger partial charge in [0, 0.05) is 44.5 Å². The van der Waals surface area contributed by atoms with Crippen molar-refractivity contribution in [1.82, 2.24) is 20.5 Å². The molecular formula is C22H32IN5O2. The summed E-state index contributed by atoms with van der Waals surface area (Å²) >= 11 is 0. The van der Waals surface area contributed by atoms with Crippen LogP contribution in [0.1, 0.15) is 41.8 Å². The van der Waals surface area contributed by atoms with Crippen molar-refractivity contribution in [3.63, 3.8) is 0 Å². The van der Waals surface area contributed by atoms with E-state index in [-0.39, 0.29) is 29.9 Å². The van der Waals surface area contributed by atoms with E-state index in [1.54, 1.807) is 25.2 Å². The molecule has 8 heteroatoms. The Labute approximate surface area is 196 Å². The first-order valence-electron chi connectivity index (χ1n) is 9.94. The number of ether oxygens (including phenoxy) is 1. The van der Waals surface area contributed by atoms with Crippen molar-refractivity contribution >= 4 is 35.8 Å². The molecule has 0 bridgehead atoms. The molecule has 0 aliphatic rings. The Balaban J connectivity index is 0.00000450. The molecule has 2 aromatic rings. The number of pyridine rings is 1. The number of amides is 1. The summed E-state index contributed by atoms with van der Waals surface area (Å²) in [7, 11) is 3.49. The summed E-state index contributed by atoms with van der Waals surface area (Å²) in [4.78, 5) is 22.5. The summed E-state index contributed by atoms with van der Waals surface area (Å²) in [6.07, 6.45) is 2.67. The number of nitrogens with one attached hydrogen (secondary N) is 2. The van der Waals surface area contributed by atoms with Gasteiger partial charge in [0.1, 0.15) is 0 Å². The number of benzene rings is 1. The van der Waals surface area contributed by atoms with Crippen LogP contribution in [-0.2, 0) is 13.1 Å². The summed E-state index contributed by atoms with van der Waals surface area (Å²) in [6, 6.07) is 11.4. The van der Waals surface area contributed by atoms with E-state index in [2.05, 4.69) is 27.5 Å². The van der Waals surface area contributed by atoms with Gasteiger partial charge in [-0.15, -0.1) is 24.0 Å². The van der Waals surface area contributed by atoms with E-state index in [0.717, 1.165) is 24.1 Å². The van der Waals surface area contributed by atoms with Gasteiger partial charge in [-0.2, -0.15) is 0 Å². The Morgan fingerprint density at radius 1 is 1.13 bits per heavy atom. The standard InChI is InChI=1S/C22H31N5O2.HI/c1-5-14-29-20-19(8-7-13-24-20)16-26-22(23-6-2)25-15-17-9-11-18(12-10-17)21(28)27(3)4;/h7-13H,5-6,14-16H2,1-4H3,(H2,23,25,26);1H. The van der Waals surface area contributed by atoms with Gasteiger partial charge in [0.2, 0.25) is 5.88 Å². The van der Waals surface area contributed by atoms with Crippen LogP contribution in [0, 0.1) is 0 Å². The zero-order valence-corrected chi connectivity index (χ0v) is 20.5. The average Bonchev–Trinajstić information content (AvgIpc) is 2.74. The quantitative estimate of drug-likeness (QED) is 0.298. The molecule has 1 heterocycles. The number of aliphatic imine (C=N–C) groups is 1. The van der Waals surface area contributed by atoms with Crippen LogP contribution >= 0.6 is 24.0 Å². The molecule has 0 radical (unpaired) electrons. The van der Waals surface area contributed by atoms with Crippen LogP contribution in [-0.4, -0.2) is 49.0 Å². The Kier molecular flexibility index (Phi) is 11.8. The molecule has 0 aliphatic carbocycles. The van der Waals surface area contributed by atoms with E-state index < -0.39 is 0 Å². The fraction of sp³-hybridized carbons (Fsp3) is 0.409. The molecule has 0 atom stereocenters. The maximum Gasteiger partial charge on any atom is 0.253 e. The Morgan fingerprint density at radius 2 is 1.87 bits per heavy atom. The van der Waals surface area contributed by atoms with Crippen LogP contribution < -0.4 is 15.4 Å². The Bertz CT molecular complexity index is 809. The van der Waals surface area contributed by atoms with E-state index >= 15 is 0 Å². The maximum absolute atomic E-state index is 12.0. The molecule has 0 aliphatic heterocycles. The molecule has 1 aromatic heterocycles. The number of carbonyl (C=O) groups is 1. The number of halogens is 1. The largest absolute Gasteiger partial charge is 0.477 e. The number of hydrogen-bond acceptors (Lipinski definition) is 4. The fourth-order valence-corrected chi connectivity index (χ4v) is 2.59. The summed E-state index contributed by atoms with van der Waals surface area (Å²) in [5, 5.41) is 6.57. The minimum atomic E-state index is -0.00683. The second-order valence-corrected chi connectivity index (χ2v) is 6.76. The van der Waals surface area contributed by atoms with Gasteiger partial charge in [-0.25, -0.2) is 9.98 Å². The molecule has 0 unspecified atom stereocenters. The Hall–Kier alpha value is -2.36. The third-order valence-corrected chi connectivity index (χ3v) is 4.11. The van der Waals surface area contributed by atoms with E-state index in [9.17, 15) is 4.79 Å². The highest BCUT2D eigenvalue weighted by atomic mass is 127. The second kappa shape index (κ2) is 13.8. The predicted molar refractivity (Wildman–Crippen MR) is 132 cm³/mol. The number of nitrogens with zero attached hydrogens (tertiary/aromatic N) is 3. The van der Waals surface area contributed by atoms with Crippen LogP contribution in [0.15, 0.2) is 47.6 Å². The van der Waals surface area contributed by atoms with Gasteiger partial charge in [-0.1, -0.05) is 25.1 Å². The molecular weight excluding hydrogens is 493 g/mol. The first kappa shape index (κ1) is 25.7. The van der Waals surface area contributed by atoms with Crippen LogP contribution in [0.5, 0.6) is 5.88 Å². The van der Waals surface area contributed by atoms with E-state index in [4.69, 9.17) is 4.74 Å². The van der Waals surface area contributed by atoms with Crippen LogP contribution in [0.4, 0.5) is 0 Å². The highest BCUT2D eigenvalue weighted by Crippen LogP contribution is 2.14. The molecule has 164 valence electrons. The molecule has 0 fully saturated rings. The number of aromatic nitrogens is 1. The molecule has 0 spiro atoms. The van der Waals surface area contributed by atoms with Gasteiger partial charge in [-0.3, -0.25) is 4.79 Å². The summed E-state index contributed by atoms with van der Waals surface area (Å²) in [5.41, 5.74) is 2.69. The summed E-state index contributed by atoms with van der Waals surface area (Å²) in [6.45, 7) is 6.57. The van der Waals surface area contributed by atoms with Gasteiger partial charge in [-0.05, 0) is 37.1 Å². The molecule has 0 saturated carbocycles.